The van der Waals surface area contributed by atoms with E-state index >= 15 is 0 Å². The van der Waals surface area contributed by atoms with E-state index < -0.39 is 0 Å². The molecule has 1 aliphatic rings. The van der Waals surface area contributed by atoms with Crippen LogP contribution in [0.2, 0.25) is 0 Å². The van der Waals surface area contributed by atoms with Crippen LogP contribution in [-0.4, -0.2) is 12.7 Å². The van der Waals surface area contributed by atoms with Gasteiger partial charge in [0.15, 0.2) is 0 Å². The molecule has 114 valence electrons. The Hall–Kier alpha value is -1.90. The molecule has 1 fully saturated rings. The highest BCUT2D eigenvalue weighted by Crippen LogP contribution is 2.39. The Kier molecular flexibility index (Phi) is 5.04. The summed E-state index contributed by atoms with van der Waals surface area (Å²) < 4.78 is 12.5. The Morgan fingerprint density at radius 3 is 2.09 bits per heavy atom. The molecular formula is C20H22O2. The first-order chi connectivity index (χ1) is 10.9. The van der Waals surface area contributed by atoms with Crippen LogP contribution < -0.4 is 0 Å². The molecule has 3 rings (SSSR count). The predicted octanol–water partition coefficient (Wildman–Crippen LogP) is 4.85. The van der Waals surface area contributed by atoms with Gasteiger partial charge in [0.2, 0.25) is 0 Å². The molecule has 2 heteroatoms. The minimum absolute atomic E-state index is 0.0186. The third-order valence-electron chi connectivity index (χ3n) is 3.88. The van der Waals surface area contributed by atoms with E-state index in [1.165, 1.54) is 0 Å². The largest absolute Gasteiger partial charge is 0.367 e. The van der Waals surface area contributed by atoms with Crippen LogP contribution in [0.25, 0.3) is 0 Å². The molecule has 0 bridgehead atoms. The van der Waals surface area contributed by atoms with Gasteiger partial charge in [-0.1, -0.05) is 79.7 Å². The molecule has 3 atom stereocenters. The first kappa shape index (κ1) is 15.0. The number of rotatable bonds is 4. The summed E-state index contributed by atoms with van der Waals surface area (Å²) in [6.45, 7) is 2.72. The highest BCUT2D eigenvalue weighted by Gasteiger charge is 2.33. The van der Waals surface area contributed by atoms with Crippen molar-refractivity contribution in [1.82, 2.24) is 0 Å². The van der Waals surface area contributed by atoms with Crippen molar-refractivity contribution < 1.29 is 9.47 Å². The van der Waals surface area contributed by atoms with E-state index in [4.69, 9.17) is 9.47 Å². The second kappa shape index (κ2) is 7.39. The van der Waals surface area contributed by atoms with E-state index in [-0.39, 0.29) is 18.3 Å². The maximum absolute atomic E-state index is 6.33. The maximum atomic E-state index is 6.33. The smallest absolute Gasteiger partial charge is 0.114 e. The normalized spacial score (nSPS) is 25.4. The van der Waals surface area contributed by atoms with E-state index in [1.807, 2.05) is 36.4 Å². The number of benzene rings is 2. The average Bonchev–Trinajstić information content (AvgIpc) is 2.61. The third kappa shape index (κ3) is 3.46. The molecule has 22 heavy (non-hydrogen) atoms. The second-order valence-electron chi connectivity index (χ2n) is 5.51. The second-order valence-corrected chi connectivity index (χ2v) is 5.51. The van der Waals surface area contributed by atoms with E-state index in [0.717, 1.165) is 17.5 Å². The van der Waals surface area contributed by atoms with Crippen molar-refractivity contribution in [3.8, 4) is 0 Å². The lowest BCUT2D eigenvalue weighted by atomic mass is 9.96. The van der Waals surface area contributed by atoms with Crippen LogP contribution in [0.4, 0.5) is 0 Å². The van der Waals surface area contributed by atoms with Gasteiger partial charge in [-0.3, -0.25) is 0 Å². The molecule has 0 saturated carbocycles. The van der Waals surface area contributed by atoms with Crippen molar-refractivity contribution in [2.45, 2.75) is 31.7 Å². The Balaban J connectivity index is 1.87. The van der Waals surface area contributed by atoms with Crippen LogP contribution in [0.1, 0.15) is 36.7 Å². The number of ether oxygens (including phenoxy) is 2. The summed E-state index contributed by atoms with van der Waals surface area (Å²) in [6.07, 6.45) is 5.14. The van der Waals surface area contributed by atoms with Gasteiger partial charge in [0.25, 0.3) is 0 Å². The van der Waals surface area contributed by atoms with Gasteiger partial charge in [0.1, 0.15) is 12.2 Å². The van der Waals surface area contributed by atoms with Gasteiger partial charge in [-0.15, -0.1) is 0 Å². The van der Waals surface area contributed by atoms with Crippen molar-refractivity contribution in [3.63, 3.8) is 0 Å². The highest BCUT2D eigenvalue weighted by atomic mass is 16.6. The number of hydrogen-bond donors (Lipinski definition) is 0. The highest BCUT2D eigenvalue weighted by molar-refractivity contribution is 5.26. The fraction of sp³-hybridized carbons (Fsp3) is 0.300. The summed E-state index contributed by atoms with van der Waals surface area (Å²) in [7, 11) is 0. The van der Waals surface area contributed by atoms with Crippen LogP contribution in [0.15, 0.2) is 72.8 Å². The number of hydrogen-bond acceptors (Lipinski definition) is 2. The van der Waals surface area contributed by atoms with Crippen LogP contribution >= 0.6 is 0 Å². The SMILES string of the molecule is CC/C=C/[C@@H]1CO[C@@H](c2ccccc2)[C@H](c2ccccc2)O1. The first-order valence-electron chi connectivity index (χ1n) is 7.92. The van der Waals surface area contributed by atoms with Gasteiger partial charge in [0, 0.05) is 0 Å². The van der Waals surface area contributed by atoms with E-state index in [9.17, 15) is 0 Å². The standard InChI is InChI=1S/C20H22O2/c1-2-3-14-18-15-21-19(16-10-6-4-7-11-16)20(22-18)17-12-8-5-9-13-17/h3-14,18-20H,2,15H2,1H3/b14-3+/t18-,19+,20+/m1/s1. The lowest BCUT2D eigenvalue weighted by molar-refractivity contribution is -0.171. The molecule has 1 aliphatic heterocycles. The molecule has 0 amide bonds. The summed E-state index contributed by atoms with van der Waals surface area (Å²) in [4.78, 5) is 0. The topological polar surface area (TPSA) is 18.5 Å². The van der Waals surface area contributed by atoms with Crippen molar-refractivity contribution in [1.29, 1.82) is 0 Å². The minimum atomic E-state index is -0.0798. The third-order valence-corrected chi connectivity index (χ3v) is 3.88. The zero-order valence-corrected chi connectivity index (χ0v) is 12.9. The van der Waals surface area contributed by atoms with E-state index in [2.05, 4.69) is 43.3 Å². The monoisotopic (exact) mass is 294 g/mol. The summed E-state index contributed by atoms with van der Waals surface area (Å²) in [5.41, 5.74) is 2.32. The van der Waals surface area contributed by atoms with Crippen LogP contribution in [0.3, 0.4) is 0 Å². The predicted molar refractivity (Wildman–Crippen MR) is 88.6 cm³/mol. The summed E-state index contributed by atoms with van der Waals surface area (Å²) in [5, 5.41) is 0. The summed E-state index contributed by atoms with van der Waals surface area (Å²) >= 11 is 0. The van der Waals surface area contributed by atoms with Gasteiger partial charge in [0.05, 0.1) is 12.7 Å². The van der Waals surface area contributed by atoms with Crippen LogP contribution in [0, 0.1) is 0 Å². The maximum Gasteiger partial charge on any atom is 0.114 e. The molecule has 0 unspecified atom stereocenters. The quantitative estimate of drug-likeness (QED) is 0.750. The lowest BCUT2D eigenvalue weighted by Crippen LogP contribution is -2.32. The van der Waals surface area contributed by atoms with Gasteiger partial charge in [-0.05, 0) is 17.5 Å². The zero-order chi connectivity index (χ0) is 15.2. The van der Waals surface area contributed by atoms with Gasteiger partial charge in [-0.25, -0.2) is 0 Å². The first-order valence-corrected chi connectivity index (χ1v) is 7.92. The van der Waals surface area contributed by atoms with Crippen molar-refractivity contribution in [2.24, 2.45) is 0 Å². The molecule has 2 nitrogen and oxygen atoms in total. The number of allylic oxidation sites excluding steroid dienone is 1. The van der Waals surface area contributed by atoms with E-state index in [1.54, 1.807) is 0 Å². The summed E-state index contributed by atoms with van der Waals surface area (Å²) in [6, 6.07) is 20.7. The fourth-order valence-corrected chi connectivity index (χ4v) is 2.78. The molecule has 2 aromatic rings. The molecule has 0 aromatic heterocycles. The van der Waals surface area contributed by atoms with Crippen molar-refractivity contribution in [3.05, 3.63) is 83.9 Å². The Bertz CT molecular complexity index is 592. The minimum Gasteiger partial charge on any atom is -0.367 e. The molecular weight excluding hydrogens is 272 g/mol. The molecule has 0 aliphatic carbocycles. The molecule has 2 aromatic carbocycles. The molecule has 0 N–H and O–H groups in total. The molecule has 0 spiro atoms. The Morgan fingerprint density at radius 1 is 0.909 bits per heavy atom. The Labute approximate surface area is 132 Å². The summed E-state index contributed by atoms with van der Waals surface area (Å²) in [5.74, 6) is 0. The van der Waals surface area contributed by atoms with Crippen molar-refractivity contribution in [2.75, 3.05) is 6.61 Å². The van der Waals surface area contributed by atoms with Crippen molar-refractivity contribution >= 4 is 0 Å². The van der Waals surface area contributed by atoms with Gasteiger partial charge >= 0.3 is 0 Å². The van der Waals surface area contributed by atoms with Crippen LogP contribution in [0.5, 0.6) is 0 Å². The molecule has 0 radical (unpaired) electrons. The van der Waals surface area contributed by atoms with Crippen LogP contribution in [-0.2, 0) is 9.47 Å². The Morgan fingerprint density at radius 2 is 1.50 bits per heavy atom. The molecule has 1 saturated heterocycles. The fourth-order valence-electron chi connectivity index (χ4n) is 2.78. The van der Waals surface area contributed by atoms with Gasteiger partial charge in [-0.2, -0.15) is 0 Å². The zero-order valence-electron chi connectivity index (χ0n) is 12.9. The average molecular weight is 294 g/mol. The van der Waals surface area contributed by atoms with Gasteiger partial charge < -0.3 is 9.47 Å². The molecule has 1 heterocycles. The van der Waals surface area contributed by atoms with E-state index in [0.29, 0.717) is 6.61 Å². The lowest BCUT2D eigenvalue weighted by Gasteiger charge is -2.36.